The van der Waals surface area contributed by atoms with Crippen molar-refractivity contribution in [1.29, 1.82) is 0 Å². The van der Waals surface area contributed by atoms with Crippen molar-refractivity contribution in [2.24, 2.45) is 0 Å². The summed E-state index contributed by atoms with van der Waals surface area (Å²) in [6, 6.07) is 9.13. The third-order valence-corrected chi connectivity index (χ3v) is 3.74. The Morgan fingerprint density at radius 3 is 2.89 bits per heavy atom. The first-order valence-electron chi connectivity index (χ1n) is 7.94. The molecule has 2 heterocycles. The Bertz CT molecular complexity index is 952. The first-order valence-corrected chi connectivity index (χ1v) is 8.32. The largest absolute Gasteiger partial charge is 0.479 e. The Labute approximate surface area is 158 Å². The quantitative estimate of drug-likeness (QED) is 0.467. The summed E-state index contributed by atoms with van der Waals surface area (Å²) in [5.74, 6) is 0.236. The molecule has 140 valence electrons. The fourth-order valence-electron chi connectivity index (χ4n) is 2.29. The normalized spacial score (nSPS) is 10.6. The highest BCUT2D eigenvalue weighted by Gasteiger charge is 2.15. The fourth-order valence-corrected chi connectivity index (χ4v) is 2.44. The maximum Gasteiger partial charge on any atom is 0.310 e. The van der Waals surface area contributed by atoms with Gasteiger partial charge in [0.2, 0.25) is 0 Å². The van der Waals surface area contributed by atoms with Gasteiger partial charge in [0.25, 0.3) is 5.91 Å². The molecule has 2 aromatic heterocycles. The van der Waals surface area contributed by atoms with Crippen molar-refractivity contribution in [2.75, 3.05) is 6.54 Å². The van der Waals surface area contributed by atoms with E-state index in [-0.39, 0.29) is 29.7 Å². The van der Waals surface area contributed by atoms with Crippen molar-refractivity contribution in [3.05, 3.63) is 75.4 Å². The van der Waals surface area contributed by atoms with Crippen LogP contribution in [0.5, 0.6) is 5.75 Å². The topological polar surface area (TPSA) is 112 Å². The van der Waals surface area contributed by atoms with E-state index in [0.29, 0.717) is 23.9 Å². The lowest BCUT2D eigenvalue weighted by Gasteiger charge is -2.05. The van der Waals surface area contributed by atoms with Crippen LogP contribution in [0.1, 0.15) is 16.3 Å². The summed E-state index contributed by atoms with van der Waals surface area (Å²) in [4.78, 5) is 22.5. The number of benzene rings is 1. The van der Waals surface area contributed by atoms with Crippen LogP contribution in [0, 0.1) is 10.1 Å². The second kappa shape index (κ2) is 8.37. The predicted octanol–water partition coefficient (Wildman–Crippen LogP) is 3.05. The van der Waals surface area contributed by atoms with Crippen molar-refractivity contribution in [1.82, 2.24) is 15.1 Å². The number of ether oxygens (including phenoxy) is 1. The average molecular weight is 391 g/mol. The molecule has 0 spiro atoms. The molecule has 1 N–H and O–H groups in total. The first kappa shape index (κ1) is 18.5. The third-order valence-electron chi connectivity index (χ3n) is 3.55. The molecule has 0 unspecified atom stereocenters. The number of rotatable bonds is 8. The SMILES string of the molecule is O=C(NCCn1cc(Cl)cn1)c1ccc(COc2ccccc2[N+](=O)[O-])o1. The zero-order chi connectivity index (χ0) is 19.2. The van der Waals surface area contributed by atoms with Crippen LogP contribution in [-0.4, -0.2) is 27.2 Å². The summed E-state index contributed by atoms with van der Waals surface area (Å²) in [5, 5.41) is 18.2. The molecule has 0 radical (unpaired) electrons. The predicted molar refractivity (Wildman–Crippen MR) is 95.7 cm³/mol. The van der Waals surface area contributed by atoms with Crippen molar-refractivity contribution >= 4 is 23.2 Å². The molecule has 3 rings (SSSR count). The second-order valence-corrected chi connectivity index (χ2v) is 5.89. The molecule has 10 heteroatoms. The van der Waals surface area contributed by atoms with E-state index in [1.807, 2.05) is 0 Å². The zero-order valence-electron chi connectivity index (χ0n) is 14.0. The molecular formula is C17H15ClN4O5. The summed E-state index contributed by atoms with van der Waals surface area (Å²) >= 11 is 5.77. The second-order valence-electron chi connectivity index (χ2n) is 5.46. The van der Waals surface area contributed by atoms with Gasteiger partial charge in [-0.05, 0) is 18.2 Å². The van der Waals surface area contributed by atoms with Crippen molar-refractivity contribution < 1.29 is 18.9 Å². The Balaban J connectivity index is 1.52. The zero-order valence-corrected chi connectivity index (χ0v) is 14.8. The molecule has 9 nitrogen and oxygen atoms in total. The lowest BCUT2D eigenvalue weighted by Crippen LogP contribution is -2.27. The minimum atomic E-state index is -0.525. The summed E-state index contributed by atoms with van der Waals surface area (Å²) in [7, 11) is 0. The number of aromatic nitrogens is 2. The van der Waals surface area contributed by atoms with E-state index in [4.69, 9.17) is 20.8 Å². The number of hydrogen-bond donors (Lipinski definition) is 1. The maximum atomic E-state index is 12.1. The van der Waals surface area contributed by atoms with Crippen LogP contribution in [0.15, 0.2) is 53.2 Å². The van der Waals surface area contributed by atoms with E-state index in [2.05, 4.69) is 10.4 Å². The Morgan fingerprint density at radius 2 is 2.15 bits per heavy atom. The fraction of sp³-hybridized carbons (Fsp3) is 0.176. The van der Waals surface area contributed by atoms with Gasteiger partial charge >= 0.3 is 5.69 Å². The molecule has 0 saturated heterocycles. The van der Waals surface area contributed by atoms with Gasteiger partial charge in [0.15, 0.2) is 11.5 Å². The van der Waals surface area contributed by atoms with Crippen LogP contribution >= 0.6 is 11.6 Å². The van der Waals surface area contributed by atoms with Crippen LogP contribution < -0.4 is 10.1 Å². The minimum Gasteiger partial charge on any atom is -0.479 e. The van der Waals surface area contributed by atoms with Gasteiger partial charge < -0.3 is 14.5 Å². The van der Waals surface area contributed by atoms with E-state index >= 15 is 0 Å². The Hall–Kier alpha value is -3.33. The number of carbonyl (C=O) groups excluding carboxylic acids is 1. The van der Waals surface area contributed by atoms with Crippen LogP contribution in [0.3, 0.4) is 0 Å². The van der Waals surface area contributed by atoms with Crippen molar-refractivity contribution in [2.45, 2.75) is 13.2 Å². The van der Waals surface area contributed by atoms with Crippen molar-refractivity contribution in [3.63, 3.8) is 0 Å². The molecule has 27 heavy (non-hydrogen) atoms. The number of nitro benzene ring substituents is 1. The smallest absolute Gasteiger partial charge is 0.310 e. The molecule has 0 saturated carbocycles. The number of furan rings is 1. The molecule has 0 aliphatic rings. The highest BCUT2D eigenvalue weighted by molar-refractivity contribution is 6.30. The van der Waals surface area contributed by atoms with E-state index in [9.17, 15) is 14.9 Å². The van der Waals surface area contributed by atoms with E-state index in [1.54, 1.807) is 29.1 Å². The van der Waals surface area contributed by atoms with Gasteiger partial charge in [-0.3, -0.25) is 19.6 Å². The number of hydrogen-bond acceptors (Lipinski definition) is 6. The molecular weight excluding hydrogens is 376 g/mol. The van der Waals surface area contributed by atoms with Gasteiger partial charge in [-0.2, -0.15) is 5.10 Å². The van der Waals surface area contributed by atoms with Crippen LogP contribution in [-0.2, 0) is 13.2 Å². The summed E-state index contributed by atoms with van der Waals surface area (Å²) < 4.78 is 12.5. The molecule has 0 fully saturated rings. The molecule has 0 atom stereocenters. The van der Waals surface area contributed by atoms with Gasteiger partial charge in [-0.25, -0.2) is 0 Å². The lowest BCUT2D eigenvalue weighted by molar-refractivity contribution is -0.386. The molecule has 0 aliphatic heterocycles. The van der Waals surface area contributed by atoms with Gasteiger partial charge in [0.1, 0.15) is 12.4 Å². The number of nitrogens with one attached hydrogen (secondary N) is 1. The van der Waals surface area contributed by atoms with Crippen LogP contribution in [0.2, 0.25) is 5.02 Å². The molecule has 1 aromatic carbocycles. The number of para-hydroxylation sites is 2. The highest BCUT2D eigenvalue weighted by Crippen LogP contribution is 2.26. The van der Waals surface area contributed by atoms with E-state index in [1.165, 1.54) is 24.4 Å². The number of nitro groups is 1. The van der Waals surface area contributed by atoms with E-state index in [0.717, 1.165) is 0 Å². The van der Waals surface area contributed by atoms with Crippen LogP contribution in [0.25, 0.3) is 0 Å². The Kier molecular flexibility index (Phi) is 5.72. The lowest BCUT2D eigenvalue weighted by atomic mass is 10.3. The minimum absolute atomic E-state index is 0.0378. The van der Waals surface area contributed by atoms with Gasteiger partial charge in [-0.15, -0.1) is 0 Å². The summed E-state index contributed by atoms with van der Waals surface area (Å²) in [5.41, 5.74) is -0.138. The highest BCUT2D eigenvalue weighted by atomic mass is 35.5. The maximum absolute atomic E-state index is 12.1. The van der Waals surface area contributed by atoms with E-state index < -0.39 is 4.92 Å². The average Bonchev–Trinajstić information content (AvgIpc) is 3.29. The number of carbonyl (C=O) groups is 1. The monoisotopic (exact) mass is 390 g/mol. The molecule has 0 aliphatic carbocycles. The molecule has 3 aromatic rings. The third kappa shape index (κ3) is 4.85. The van der Waals surface area contributed by atoms with Crippen LogP contribution in [0.4, 0.5) is 5.69 Å². The molecule has 0 bridgehead atoms. The molecule has 1 amide bonds. The van der Waals surface area contributed by atoms with Gasteiger partial charge in [-0.1, -0.05) is 23.7 Å². The summed E-state index contributed by atoms with van der Waals surface area (Å²) in [6.07, 6.45) is 3.16. The standard InChI is InChI=1S/C17H15ClN4O5/c18-12-9-20-21(10-12)8-7-19-17(23)16-6-5-13(27-16)11-26-15-4-2-1-3-14(15)22(24)25/h1-6,9-10H,7-8,11H2,(H,19,23). The Morgan fingerprint density at radius 1 is 1.33 bits per heavy atom. The number of halogens is 1. The summed E-state index contributed by atoms with van der Waals surface area (Å²) in [6.45, 7) is 0.774. The number of amides is 1. The first-order chi connectivity index (χ1) is 13.0. The van der Waals surface area contributed by atoms with Gasteiger partial charge in [0.05, 0.1) is 22.7 Å². The number of nitrogens with zero attached hydrogens (tertiary/aromatic N) is 3. The van der Waals surface area contributed by atoms with Crippen molar-refractivity contribution in [3.8, 4) is 5.75 Å². The van der Waals surface area contributed by atoms with Gasteiger partial charge in [0, 0.05) is 18.8 Å².